The van der Waals surface area contributed by atoms with E-state index in [-0.39, 0.29) is 12.2 Å². The Bertz CT molecular complexity index is 367. The topological polar surface area (TPSA) is 27.7 Å². The van der Waals surface area contributed by atoms with Crippen LogP contribution in [0.5, 0.6) is 0 Å². The number of hydrogen-bond donors (Lipinski definition) is 0. The van der Waals surface area contributed by atoms with Crippen LogP contribution in [-0.4, -0.2) is 30.5 Å². The lowest BCUT2D eigenvalue weighted by Crippen LogP contribution is -2.29. The van der Waals surface area contributed by atoms with Gasteiger partial charge in [-0.15, -0.1) is 11.6 Å². The predicted molar refractivity (Wildman–Crippen MR) is 70.6 cm³/mol. The van der Waals surface area contributed by atoms with Gasteiger partial charge in [0.05, 0.1) is 19.1 Å². The summed E-state index contributed by atoms with van der Waals surface area (Å²) < 4.78 is 17.1. The van der Waals surface area contributed by atoms with Gasteiger partial charge in [0.25, 0.3) is 0 Å². The molecule has 0 saturated carbocycles. The van der Waals surface area contributed by atoms with Crippen LogP contribution in [0.1, 0.15) is 19.4 Å². The molecule has 0 N–H and O–H groups in total. The molecule has 18 heavy (non-hydrogen) atoms. The first-order valence-corrected chi connectivity index (χ1v) is 6.67. The van der Waals surface area contributed by atoms with Crippen LogP contribution < -0.4 is 0 Å². The molecule has 0 bridgehead atoms. The molecule has 1 unspecified atom stereocenters. The molecule has 2 atom stereocenters. The summed E-state index contributed by atoms with van der Waals surface area (Å²) in [6.45, 7) is 4.86. The molecule has 1 aromatic carbocycles. The molecule has 4 heteroatoms. The first-order valence-electron chi connectivity index (χ1n) is 6.14. The van der Waals surface area contributed by atoms with E-state index in [1.54, 1.807) is 0 Å². The molecule has 0 aliphatic carbocycles. The van der Waals surface area contributed by atoms with Crippen molar-refractivity contribution < 1.29 is 14.2 Å². The monoisotopic (exact) mass is 270 g/mol. The standard InChI is InChI=1S/C14H19ClO3/c1-14(2)17-12(8-15)13(18-14)10-16-9-11-6-4-3-5-7-11/h3-7,12-13H,8-10H2,1-2H3/t12?,13-/m0/s1. The molecule has 0 amide bonds. The maximum atomic E-state index is 5.87. The summed E-state index contributed by atoms with van der Waals surface area (Å²) in [6.07, 6.45) is -0.196. The average Bonchev–Trinajstić information content (AvgIpc) is 2.65. The predicted octanol–water partition coefficient (Wildman–Crippen LogP) is 2.96. The fourth-order valence-corrected chi connectivity index (χ4v) is 2.31. The van der Waals surface area contributed by atoms with Crippen LogP contribution in [0.2, 0.25) is 0 Å². The highest BCUT2D eigenvalue weighted by Crippen LogP contribution is 2.29. The molecule has 3 nitrogen and oxygen atoms in total. The zero-order valence-corrected chi connectivity index (χ0v) is 11.5. The molecule has 1 heterocycles. The summed E-state index contributed by atoms with van der Waals surface area (Å²) in [5.74, 6) is -0.150. The minimum absolute atomic E-state index is 0.0961. The molecule has 1 saturated heterocycles. The summed E-state index contributed by atoms with van der Waals surface area (Å²) in [6, 6.07) is 10.1. The molecule has 0 radical (unpaired) electrons. The normalized spacial score (nSPS) is 26.4. The zero-order chi connectivity index (χ0) is 13.0. The highest BCUT2D eigenvalue weighted by atomic mass is 35.5. The SMILES string of the molecule is CC1(C)OC(CCl)[C@H](COCc2ccccc2)O1. The lowest BCUT2D eigenvalue weighted by Gasteiger charge is -2.16. The lowest BCUT2D eigenvalue weighted by atomic mass is 10.2. The van der Waals surface area contributed by atoms with Crippen molar-refractivity contribution in [1.29, 1.82) is 0 Å². The van der Waals surface area contributed by atoms with Crippen LogP contribution in [0.3, 0.4) is 0 Å². The maximum absolute atomic E-state index is 5.87. The van der Waals surface area contributed by atoms with E-state index in [0.717, 1.165) is 5.56 Å². The van der Waals surface area contributed by atoms with Crippen molar-refractivity contribution in [3.63, 3.8) is 0 Å². The summed E-state index contributed by atoms with van der Waals surface area (Å²) >= 11 is 5.87. The van der Waals surface area contributed by atoms with E-state index in [2.05, 4.69) is 0 Å². The number of hydrogen-bond acceptors (Lipinski definition) is 3. The van der Waals surface area contributed by atoms with Crippen molar-refractivity contribution in [2.24, 2.45) is 0 Å². The van der Waals surface area contributed by atoms with Crippen molar-refractivity contribution in [1.82, 2.24) is 0 Å². The molecule has 1 aliphatic heterocycles. The summed E-state index contributed by atoms with van der Waals surface area (Å²) in [5.41, 5.74) is 1.15. The molecule has 1 aliphatic rings. The molecular weight excluding hydrogens is 252 g/mol. The minimum atomic E-state index is -0.569. The van der Waals surface area contributed by atoms with Gasteiger partial charge >= 0.3 is 0 Å². The molecule has 100 valence electrons. The number of ether oxygens (including phenoxy) is 3. The van der Waals surface area contributed by atoms with Gasteiger partial charge < -0.3 is 14.2 Å². The van der Waals surface area contributed by atoms with E-state index in [9.17, 15) is 0 Å². The highest BCUT2D eigenvalue weighted by Gasteiger charge is 2.40. The Morgan fingerprint density at radius 3 is 2.50 bits per heavy atom. The van der Waals surface area contributed by atoms with Gasteiger partial charge in [-0.3, -0.25) is 0 Å². The average molecular weight is 271 g/mol. The Morgan fingerprint density at radius 2 is 1.83 bits per heavy atom. The first kappa shape index (κ1) is 13.8. The van der Waals surface area contributed by atoms with Crippen molar-refractivity contribution in [2.45, 2.75) is 38.4 Å². The van der Waals surface area contributed by atoms with E-state index in [0.29, 0.717) is 19.1 Å². The third-order valence-electron chi connectivity index (χ3n) is 2.83. The number of alkyl halides is 1. The van der Waals surface area contributed by atoms with Crippen LogP contribution in [0.25, 0.3) is 0 Å². The quantitative estimate of drug-likeness (QED) is 0.770. The van der Waals surface area contributed by atoms with Gasteiger partial charge in [0, 0.05) is 0 Å². The lowest BCUT2D eigenvalue weighted by molar-refractivity contribution is -0.150. The Morgan fingerprint density at radius 1 is 1.17 bits per heavy atom. The maximum Gasteiger partial charge on any atom is 0.163 e. The number of benzene rings is 1. The van der Waals surface area contributed by atoms with Crippen molar-refractivity contribution in [3.05, 3.63) is 35.9 Å². The largest absolute Gasteiger partial charge is 0.374 e. The third-order valence-corrected chi connectivity index (χ3v) is 3.13. The van der Waals surface area contributed by atoms with E-state index in [4.69, 9.17) is 25.8 Å². The second-order valence-corrected chi connectivity index (χ2v) is 5.18. The summed E-state index contributed by atoms with van der Waals surface area (Å²) in [5, 5.41) is 0. The fourth-order valence-electron chi connectivity index (χ4n) is 2.05. The van der Waals surface area contributed by atoms with Crippen LogP contribution in [0.4, 0.5) is 0 Å². The molecule has 1 fully saturated rings. The van der Waals surface area contributed by atoms with Crippen LogP contribution in [0.15, 0.2) is 30.3 Å². The molecule has 2 rings (SSSR count). The Balaban J connectivity index is 1.80. The Labute approximate surface area is 113 Å². The second-order valence-electron chi connectivity index (χ2n) is 4.87. The van der Waals surface area contributed by atoms with Crippen LogP contribution in [-0.2, 0) is 20.8 Å². The van der Waals surface area contributed by atoms with Gasteiger partial charge in [-0.1, -0.05) is 30.3 Å². The van der Waals surface area contributed by atoms with E-state index < -0.39 is 5.79 Å². The highest BCUT2D eigenvalue weighted by molar-refractivity contribution is 6.18. The second kappa shape index (κ2) is 6.02. The Kier molecular flexibility index (Phi) is 4.62. The zero-order valence-electron chi connectivity index (χ0n) is 10.8. The van der Waals surface area contributed by atoms with E-state index in [1.165, 1.54) is 0 Å². The third kappa shape index (κ3) is 3.69. The molecule has 0 aromatic heterocycles. The summed E-state index contributed by atoms with van der Waals surface area (Å²) in [7, 11) is 0. The Hall–Kier alpha value is -0.610. The summed E-state index contributed by atoms with van der Waals surface area (Å²) in [4.78, 5) is 0. The minimum Gasteiger partial charge on any atom is -0.374 e. The van der Waals surface area contributed by atoms with Gasteiger partial charge in [0.1, 0.15) is 12.2 Å². The van der Waals surface area contributed by atoms with Crippen molar-refractivity contribution in [3.8, 4) is 0 Å². The van der Waals surface area contributed by atoms with E-state index >= 15 is 0 Å². The molecule has 0 spiro atoms. The first-order chi connectivity index (χ1) is 8.61. The van der Waals surface area contributed by atoms with Crippen LogP contribution in [0, 0.1) is 0 Å². The molecular formula is C14H19ClO3. The smallest absolute Gasteiger partial charge is 0.163 e. The van der Waals surface area contributed by atoms with Gasteiger partial charge in [0.2, 0.25) is 0 Å². The number of rotatable bonds is 5. The number of halogens is 1. The fraction of sp³-hybridized carbons (Fsp3) is 0.571. The molecule has 1 aromatic rings. The van der Waals surface area contributed by atoms with Crippen LogP contribution >= 0.6 is 11.6 Å². The van der Waals surface area contributed by atoms with Gasteiger partial charge in [-0.25, -0.2) is 0 Å². The van der Waals surface area contributed by atoms with E-state index in [1.807, 2.05) is 44.2 Å². The van der Waals surface area contributed by atoms with Crippen molar-refractivity contribution >= 4 is 11.6 Å². The van der Waals surface area contributed by atoms with Gasteiger partial charge in [-0.2, -0.15) is 0 Å². The van der Waals surface area contributed by atoms with Crippen molar-refractivity contribution in [2.75, 3.05) is 12.5 Å². The van der Waals surface area contributed by atoms with Gasteiger partial charge in [0.15, 0.2) is 5.79 Å². The van der Waals surface area contributed by atoms with Gasteiger partial charge in [-0.05, 0) is 19.4 Å².